The molecule has 0 spiro atoms. The van der Waals surface area contributed by atoms with Crippen LogP contribution in [0.3, 0.4) is 0 Å². The Bertz CT molecular complexity index is 431. The molecule has 0 radical (unpaired) electrons. The summed E-state index contributed by atoms with van der Waals surface area (Å²) in [5.74, 6) is 1.42. The Kier molecular flexibility index (Phi) is 4.60. The van der Waals surface area contributed by atoms with Gasteiger partial charge >= 0.3 is 0 Å². The van der Waals surface area contributed by atoms with Gasteiger partial charge in [0.15, 0.2) is 5.78 Å². The third-order valence-corrected chi connectivity index (χ3v) is 4.84. The van der Waals surface area contributed by atoms with E-state index >= 15 is 0 Å². The third-order valence-electron chi connectivity index (χ3n) is 4.18. The molecule has 1 saturated carbocycles. The van der Waals surface area contributed by atoms with Crippen LogP contribution in [0.1, 0.15) is 54.9 Å². The predicted octanol–water partition coefficient (Wildman–Crippen LogP) is 5.16. The van der Waals surface area contributed by atoms with Gasteiger partial charge in [0.1, 0.15) is 0 Å². The van der Waals surface area contributed by atoms with Gasteiger partial charge in [-0.15, -0.1) is 0 Å². The summed E-state index contributed by atoms with van der Waals surface area (Å²) in [7, 11) is 0. The maximum absolute atomic E-state index is 12.5. The highest BCUT2D eigenvalue weighted by Gasteiger charge is 2.27. The largest absolute Gasteiger partial charge is 0.294 e. The summed E-state index contributed by atoms with van der Waals surface area (Å²) in [6.07, 6.45) is 5.83. The fourth-order valence-corrected chi connectivity index (χ4v) is 3.56. The molecule has 0 unspecified atom stereocenters. The normalized spacial score (nSPS) is 23.9. The number of rotatable bonds is 3. The molecule has 1 aliphatic rings. The van der Waals surface area contributed by atoms with E-state index in [4.69, 9.17) is 0 Å². The number of halogens is 1. The zero-order valence-corrected chi connectivity index (χ0v) is 12.8. The van der Waals surface area contributed by atoms with Crippen LogP contribution >= 0.6 is 15.9 Å². The van der Waals surface area contributed by atoms with Crippen molar-refractivity contribution in [1.29, 1.82) is 0 Å². The molecule has 0 saturated heterocycles. The van der Waals surface area contributed by atoms with E-state index in [9.17, 15) is 4.79 Å². The van der Waals surface area contributed by atoms with E-state index in [1.807, 2.05) is 25.1 Å². The monoisotopic (exact) mass is 308 g/mol. The van der Waals surface area contributed by atoms with Gasteiger partial charge in [0.05, 0.1) is 0 Å². The number of Topliss-reactive ketones (excluding diaryl/α,β-unsaturated/α-hetero) is 1. The Hall–Kier alpha value is -0.630. The molecule has 0 aromatic heterocycles. The second-order valence-corrected chi connectivity index (χ2v) is 6.33. The lowest BCUT2D eigenvalue weighted by Gasteiger charge is -2.27. The average molecular weight is 309 g/mol. The molecule has 1 aliphatic carbocycles. The molecule has 2 heteroatoms. The van der Waals surface area contributed by atoms with Crippen molar-refractivity contribution in [2.24, 2.45) is 11.8 Å². The quantitative estimate of drug-likeness (QED) is 0.705. The van der Waals surface area contributed by atoms with Gasteiger partial charge in [-0.1, -0.05) is 35.3 Å². The fourth-order valence-electron chi connectivity index (χ4n) is 2.87. The molecule has 98 valence electrons. The number of benzene rings is 1. The number of hydrogen-bond acceptors (Lipinski definition) is 1. The molecule has 1 fully saturated rings. The van der Waals surface area contributed by atoms with E-state index < -0.39 is 0 Å². The average Bonchev–Trinajstić information content (AvgIpc) is 2.38. The molecule has 0 N–H and O–H groups in total. The topological polar surface area (TPSA) is 17.1 Å². The van der Waals surface area contributed by atoms with Gasteiger partial charge in [-0.25, -0.2) is 0 Å². The Morgan fingerprint density at radius 3 is 2.50 bits per heavy atom. The minimum Gasteiger partial charge on any atom is -0.294 e. The first kappa shape index (κ1) is 13.8. The van der Waals surface area contributed by atoms with Gasteiger partial charge in [-0.05, 0) is 56.2 Å². The fraction of sp³-hybridized carbons (Fsp3) is 0.562. The lowest BCUT2D eigenvalue weighted by molar-refractivity contribution is 0.0870. The van der Waals surface area contributed by atoms with Crippen molar-refractivity contribution < 1.29 is 4.79 Å². The van der Waals surface area contributed by atoms with E-state index in [-0.39, 0.29) is 5.92 Å². The summed E-state index contributed by atoms with van der Waals surface area (Å²) < 4.78 is 0.949. The second kappa shape index (κ2) is 6.01. The molecule has 1 aromatic carbocycles. The molecular weight excluding hydrogens is 288 g/mol. The van der Waals surface area contributed by atoms with Crippen molar-refractivity contribution in [3.05, 3.63) is 33.8 Å². The first-order valence-corrected chi connectivity index (χ1v) is 7.71. The van der Waals surface area contributed by atoms with Crippen molar-refractivity contribution in [2.45, 2.75) is 46.0 Å². The summed E-state index contributed by atoms with van der Waals surface area (Å²) >= 11 is 3.52. The van der Waals surface area contributed by atoms with Crippen LogP contribution in [0.5, 0.6) is 0 Å². The zero-order valence-electron chi connectivity index (χ0n) is 11.2. The van der Waals surface area contributed by atoms with Crippen molar-refractivity contribution in [3.8, 4) is 0 Å². The molecule has 0 heterocycles. The van der Waals surface area contributed by atoms with Crippen LogP contribution < -0.4 is 0 Å². The summed E-state index contributed by atoms with van der Waals surface area (Å²) in [5.41, 5.74) is 2.05. The van der Waals surface area contributed by atoms with Gasteiger partial charge in [0.2, 0.25) is 0 Å². The van der Waals surface area contributed by atoms with E-state index in [1.54, 1.807) is 0 Å². The lowest BCUT2D eigenvalue weighted by atomic mass is 9.78. The molecule has 1 nitrogen and oxygen atoms in total. The predicted molar refractivity (Wildman–Crippen MR) is 78.9 cm³/mol. The smallest absolute Gasteiger partial charge is 0.167 e. The molecule has 0 amide bonds. The minimum atomic E-state index is 0.242. The molecule has 18 heavy (non-hydrogen) atoms. The Balaban J connectivity index is 2.08. The number of aryl methyl sites for hydroxylation is 1. The van der Waals surface area contributed by atoms with Crippen molar-refractivity contribution in [2.75, 3.05) is 0 Å². The molecule has 0 aliphatic heterocycles. The maximum Gasteiger partial charge on any atom is 0.167 e. The maximum atomic E-state index is 12.5. The second-order valence-electron chi connectivity index (χ2n) is 5.47. The van der Waals surface area contributed by atoms with Crippen LogP contribution in [0.25, 0.3) is 0 Å². The number of ketones is 1. The van der Waals surface area contributed by atoms with Crippen molar-refractivity contribution in [3.63, 3.8) is 0 Å². The van der Waals surface area contributed by atoms with Crippen LogP contribution in [0.15, 0.2) is 22.7 Å². The summed E-state index contributed by atoms with van der Waals surface area (Å²) in [4.78, 5) is 12.5. The van der Waals surface area contributed by atoms with Gasteiger partial charge in [0, 0.05) is 16.0 Å². The summed E-state index contributed by atoms with van der Waals surface area (Å²) in [5, 5.41) is 0. The van der Waals surface area contributed by atoms with E-state index in [1.165, 1.54) is 24.8 Å². The summed E-state index contributed by atoms with van der Waals surface area (Å²) in [6.45, 7) is 4.30. The van der Waals surface area contributed by atoms with E-state index in [2.05, 4.69) is 22.9 Å². The standard InChI is InChI=1S/C16H21BrO/c1-3-12-5-7-13(8-6-12)16(18)14-9-4-11(2)10-15(14)17/h4,9-10,12-13H,3,5-8H2,1-2H3. The number of carbonyl (C=O) groups is 1. The van der Waals surface area contributed by atoms with E-state index in [0.29, 0.717) is 5.78 Å². The number of carbonyl (C=O) groups excluding carboxylic acids is 1. The lowest BCUT2D eigenvalue weighted by Crippen LogP contribution is -2.22. The minimum absolute atomic E-state index is 0.242. The van der Waals surface area contributed by atoms with Crippen LogP contribution in [0.2, 0.25) is 0 Å². The highest BCUT2D eigenvalue weighted by Crippen LogP contribution is 2.33. The van der Waals surface area contributed by atoms with Gasteiger partial charge < -0.3 is 0 Å². The van der Waals surface area contributed by atoms with E-state index in [0.717, 1.165) is 28.8 Å². The van der Waals surface area contributed by atoms with Crippen LogP contribution in [-0.2, 0) is 0 Å². The Labute approximate surface area is 118 Å². The Morgan fingerprint density at radius 1 is 1.28 bits per heavy atom. The first-order chi connectivity index (χ1) is 8.61. The highest BCUT2D eigenvalue weighted by atomic mass is 79.9. The van der Waals surface area contributed by atoms with Crippen molar-refractivity contribution >= 4 is 21.7 Å². The van der Waals surface area contributed by atoms with Crippen LogP contribution in [0.4, 0.5) is 0 Å². The molecule has 0 atom stereocenters. The molecule has 2 rings (SSSR count). The van der Waals surface area contributed by atoms with Crippen LogP contribution in [-0.4, -0.2) is 5.78 Å². The van der Waals surface area contributed by atoms with Gasteiger partial charge in [-0.3, -0.25) is 4.79 Å². The SMILES string of the molecule is CCC1CCC(C(=O)c2ccc(C)cc2Br)CC1. The van der Waals surface area contributed by atoms with Gasteiger partial charge in [0.25, 0.3) is 0 Å². The third kappa shape index (κ3) is 3.03. The van der Waals surface area contributed by atoms with Crippen LogP contribution in [0, 0.1) is 18.8 Å². The zero-order chi connectivity index (χ0) is 13.1. The molecule has 0 bridgehead atoms. The summed E-state index contributed by atoms with van der Waals surface area (Å²) in [6, 6.07) is 6.02. The van der Waals surface area contributed by atoms with Crippen molar-refractivity contribution in [1.82, 2.24) is 0 Å². The molecule has 1 aromatic rings. The van der Waals surface area contributed by atoms with Gasteiger partial charge in [-0.2, -0.15) is 0 Å². The first-order valence-electron chi connectivity index (χ1n) is 6.92. The highest BCUT2D eigenvalue weighted by molar-refractivity contribution is 9.10. The Morgan fingerprint density at radius 2 is 1.94 bits per heavy atom. The molecular formula is C16H21BrO. The number of hydrogen-bond donors (Lipinski definition) is 0.